The van der Waals surface area contributed by atoms with Gasteiger partial charge in [0.05, 0.1) is 22.7 Å². The second kappa shape index (κ2) is 11.3. The predicted octanol–water partition coefficient (Wildman–Crippen LogP) is 7.44. The molecular weight excluding hydrogens is 488 g/mol. The molecule has 4 heteroatoms. The molecule has 0 bridgehead atoms. The lowest BCUT2D eigenvalue weighted by molar-refractivity contribution is -0.596. The molecule has 4 nitrogen and oxygen atoms in total. The van der Waals surface area contributed by atoms with Crippen LogP contribution in [0.5, 0.6) is 0 Å². The summed E-state index contributed by atoms with van der Waals surface area (Å²) in [5.41, 5.74) is 9.77. The Labute approximate surface area is 236 Å². The summed E-state index contributed by atoms with van der Waals surface area (Å²) in [5, 5.41) is 0. The highest BCUT2D eigenvalue weighted by Crippen LogP contribution is 2.45. The van der Waals surface area contributed by atoms with Crippen LogP contribution in [0.3, 0.4) is 0 Å². The lowest BCUT2D eigenvalue weighted by Crippen LogP contribution is -2.29. The van der Waals surface area contributed by atoms with E-state index < -0.39 is 0 Å². The monoisotopic (exact) mass is 520 g/mol. The van der Waals surface area contributed by atoms with E-state index in [1.54, 1.807) is 0 Å². The summed E-state index contributed by atoms with van der Waals surface area (Å²) < 4.78 is 4.24. The van der Waals surface area contributed by atoms with Gasteiger partial charge in [-0.25, -0.2) is 0 Å². The average Bonchev–Trinajstić information content (AvgIpc) is 3.05. The first-order chi connectivity index (χ1) is 19.7. The van der Waals surface area contributed by atoms with Crippen LogP contribution in [0.15, 0.2) is 158 Å². The van der Waals surface area contributed by atoms with Crippen molar-refractivity contribution in [3.05, 3.63) is 158 Å². The van der Waals surface area contributed by atoms with Gasteiger partial charge in [0.25, 0.3) is 0 Å². The smallest absolute Gasteiger partial charge is 0.210 e. The Morgan fingerprint density at radius 3 is 0.925 bits per heavy atom. The summed E-state index contributed by atoms with van der Waals surface area (Å²) in [4.78, 5) is 4.48. The fraction of sp³-hybridized carbons (Fsp3) is 0.0556. The minimum absolute atomic E-state index is 1.17. The van der Waals surface area contributed by atoms with E-state index in [1.807, 2.05) is 12.1 Å². The van der Waals surface area contributed by atoms with Crippen LogP contribution in [-0.2, 0) is 0 Å². The minimum atomic E-state index is 1.17. The summed E-state index contributed by atoms with van der Waals surface area (Å²) in [7, 11) is 4.23. The molecule has 7 rings (SSSR count). The van der Waals surface area contributed by atoms with Gasteiger partial charge >= 0.3 is 0 Å². The van der Waals surface area contributed by atoms with Crippen molar-refractivity contribution in [1.82, 2.24) is 0 Å². The first-order valence-electron chi connectivity index (χ1n) is 13.5. The Kier molecular flexibility index (Phi) is 7.06. The Morgan fingerprint density at radius 1 is 0.350 bits per heavy atom. The van der Waals surface area contributed by atoms with Gasteiger partial charge in [0.2, 0.25) is 11.4 Å². The molecule has 1 aliphatic rings. The molecule has 2 aromatic heterocycles. The molecule has 1 aliphatic heterocycles. The zero-order valence-corrected chi connectivity index (χ0v) is 22.8. The molecule has 0 saturated heterocycles. The normalized spacial score (nSPS) is 11.7. The van der Waals surface area contributed by atoms with E-state index in [2.05, 4.69) is 179 Å². The van der Waals surface area contributed by atoms with Crippen LogP contribution in [0.1, 0.15) is 0 Å². The third-order valence-corrected chi connectivity index (χ3v) is 7.31. The molecule has 0 radical (unpaired) electrons. The second-order valence-corrected chi connectivity index (χ2v) is 9.75. The number of hydrogen-bond acceptors (Lipinski definition) is 2. The SMILES string of the molecule is CN1c2ccccc2N(C)c2ccccc21.c1ccc(-[n+]2ccc(-c3cc[n+](-c4ccccc4)cc3)cc2)cc1. The highest BCUT2D eigenvalue weighted by molar-refractivity contribution is 5.92. The maximum absolute atomic E-state index is 2.24. The number of hydrogen-bond donors (Lipinski definition) is 0. The third kappa shape index (κ3) is 5.07. The van der Waals surface area contributed by atoms with E-state index >= 15 is 0 Å². The van der Waals surface area contributed by atoms with Crippen molar-refractivity contribution < 1.29 is 9.13 Å². The number of nitrogens with zero attached hydrogens (tertiary/aromatic N) is 4. The van der Waals surface area contributed by atoms with Crippen molar-refractivity contribution in [3.63, 3.8) is 0 Å². The van der Waals surface area contributed by atoms with Crippen molar-refractivity contribution in [2.45, 2.75) is 0 Å². The van der Waals surface area contributed by atoms with Crippen LogP contribution < -0.4 is 18.9 Å². The van der Waals surface area contributed by atoms with Crippen molar-refractivity contribution >= 4 is 22.7 Å². The molecule has 40 heavy (non-hydrogen) atoms. The van der Waals surface area contributed by atoms with E-state index in [0.29, 0.717) is 0 Å². The van der Waals surface area contributed by atoms with Crippen molar-refractivity contribution in [1.29, 1.82) is 0 Å². The van der Waals surface area contributed by atoms with Crippen molar-refractivity contribution in [2.75, 3.05) is 23.9 Å². The molecule has 4 aromatic carbocycles. The fourth-order valence-corrected chi connectivity index (χ4v) is 5.10. The van der Waals surface area contributed by atoms with Gasteiger partial charge in [-0.3, -0.25) is 0 Å². The zero-order valence-electron chi connectivity index (χ0n) is 22.8. The van der Waals surface area contributed by atoms with E-state index in [4.69, 9.17) is 0 Å². The summed E-state index contributed by atoms with van der Waals surface area (Å²) in [6.07, 6.45) is 8.40. The Hall–Kier alpha value is -5.22. The summed E-state index contributed by atoms with van der Waals surface area (Å²) in [6.45, 7) is 0. The van der Waals surface area contributed by atoms with Crippen molar-refractivity contribution in [3.8, 4) is 22.5 Å². The summed E-state index contributed by atoms with van der Waals surface area (Å²) in [5.74, 6) is 0. The quantitative estimate of drug-likeness (QED) is 0.225. The number of fused-ring (bicyclic) bond motifs is 2. The van der Waals surface area contributed by atoms with E-state index in [-0.39, 0.29) is 0 Å². The van der Waals surface area contributed by atoms with Crippen LogP contribution >= 0.6 is 0 Å². The van der Waals surface area contributed by atoms with Gasteiger partial charge in [-0.05, 0) is 35.4 Å². The van der Waals surface area contributed by atoms with Crippen LogP contribution in [0, 0.1) is 0 Å². The lowest BCUT2D eigenvalue weighted by Gasteiger charge is -2.36. The maximum Gasteiger partial charge on any atom is 0.210 e. The molecular formula is C36H32N4+2. The molecule has 0 atom stereocenters. The summed E-state index contributed by atoms with van der Waals surface area (Å²) in [6, 6.07) is 46.2. The number of para-hydroxylation sites is 6. The Bertz CT molecular complexity index is 1520. The van der Waals surface area contributed by atoms with Crippen LogP contribution in [0.4, 0.5) is 22.7 Å². The Morgan fingerprint density at radius 2 is 0.625 bits per heavy atom. The Balaban J connectivity index is 0.000000157. The largest absolute Gasteiger partial charge is 0.341 e. The van der Waals surface area contributed by atoms with Gasteiger partial charge in [-0.2, -0.15) is 9.13 Å². The summed E-state index contributed by atoms with van der Waals surface area (Å²) >= 11 is 0. The maximum atomic E-state index is 2.24. The molecule has 0 spiro atoms. The van der Waals surface area contributed by atoms with E-state index in [9.17, 15) is 0 Å². The second-order valence-electron chi connectivity index (χ2n) is 9.75. The first kappa shape index (κ1) is 25.1. The standard InChI is InChI=1S/C22H18N2.C14H14N2/c1-3-7-21(8-4-1)23-15-11-19(12-16-23)20-13-17-24(18-14-20)22-9-5-2-6-10-22;1-15-11-7-3-5-9-13(11)16(2)14-10-6-4-8-12(14)15/h1-18H;3-10H,1-2H3/q+2;. The van der Waals surface area contributed by atoms with Crippen LogP contribution in [0.2, 0.25) is 0 Å². The average molecular weight is 521 g/mol. The molecule has 0 saturated carbocycles. The highest BCUT2D eigenvalue weighted by atomic mass is 15.2. The molecule has 3 heterocycles. The number of rotatable bonds is 3. The number of aromatic nitrogens is 2. The number of benzene rings is 4. The van der Waals surface area contributed by atoms with Gasteiger partial charge < -0.3 is 9.80 Å². The predicted molar refractivity (Wildman–Crippen MR) is 164 cm³/mol. The molecule has 0 unspecified atom stereocenters. The molecule has 0 fully saturated rings. The van der Waals surface area contributed by atoms with Gasteiger partial charge in [0.15, 0.2) is 24.8 Å². The van der Waals surface area contributed by atoms with E-state index in [1.165, 1.54) is 45.3 Å². The highest BCUT2D eigenvalue weighted by Gasteiger charge is 2.22. The van der Waals surface area contributed by atoms with Crippen LogP contribution in [0.25, 0.3) is 22.5 Å². The molecule has 6 aromatic rings. The number of pyridine rings is 2. The zero-order chi connectivity index (χ0) is 27.3. The first-order valence-corrected chi connectivity index (χ1v) is 13.5. The lowest BCUT2D eigenvalue weighted by atomic mass is 10.1. The van der Waals surface area contributed by atoms with Gasteiger partial charge in [-0.15, -0.1) is 0 Å². The van der Waals surface area contributed by atoms with Gasteiger partial charge in [0.1, 0.15) is 0 Å². The van der Waals surface area contributed by atoms with Crippen LogP contribution in [-0.4, -0.2) is 14.1 Å². The topological polar surface area (TPSA) is 14.2 Å². The third-order valence-electron chi connectivity index (χ3n) is 7.31. The molecule has 0 N–H and O–H groups in total. The van der Waals surface area contributed by atoms with Gasteiger partial charge in [0, 0.05) is 62.6 Å². The number of anilines is 4. The fourth-order valence-electron chi connectivity index (χ4n) is 5.10. The van der Waals surface area contributed by atoms with Crippen molar-refractivity contribution in [2.24, 2.45) is 0 Å². The molecule has 194 valence electrons. The van der Waals surface area contributed by atoms with E-state index in [0.717, 1.165) is 0 Å². The molecule has 0 amide bonds. The molecule has 0 aliphatic carbocycles. The van der Waals surface area contributed by atoms with Gasteiger partial charge in [-0.1, -0.05) is 60.7 Å². The minimum Gasteiger partial charge on any atom is -0.341 e.